The quantitative estimate of drug-likeness (QED) is 0.254. The molecule has 0 aliphatic rings. The molecule has 0 atom stereocenters. The average molecular weight is 425 g/mol. The van der Waals surface area contributed by atoms with Crippen molar-refractivity contribution in [1.82, 2.24) is 4.98 Å². The topological polar surface area (TPSA) is 15.8 Å². The van der Waals surface area contributed by atoms with E-state index in [4.69, 9.17) is 0 Å². The molecule has 0 bridgehead atoms. The molecule has 3 heteroatoms. The monoisotopic (exact) mass is 423 g/mol. The van der Waals surface area contributed by atoms with E-state index in [2.05, 4.69) is 97.5 Å². The third kappa shape index (κ3) is 2.03. The van der Waals surface area contributed by atoms with E-state index in [0.717, 1.165) is 14.5 Å². The van der Waals surface area contributed by atoms with E-state index in [0.29, 0.717) is 0 Å². The molecule has 1 aromatic heterocycles. The molecule has 0 saturated heterocycles. The molecule has 4 aromatic carbocycles. The van der Waals surface area contributed by atoms with Gasteiger partial charge in [-0.15, -0.1) is 0 Å². The molecule has 1 heterocycles. The summed E-state index contributed by atoms with van der Waals surface area (Å²) in [6.07, 6.45) is 0. The number of aromatic amines is 1. The normalized spacial score (nSPS) is 11.9. The Balaban J connectivity index is 1.97. The van der Waals surface area contributed by atoms with Gasteiger partial charge >= 0.3 is 0 Å². The summed E-state index contributed by atoms with van der Waals surface area (Å²) in [5, 5.41) is 7.64. The van der Waals surface area contributed by atoms with Gasteiger partial charge in [0.2, 0.25) is 0 Å². The summed E-state index contributed by atoms with van der Waals surface area (Å²) in [6, 6.07) is 21.8. The van der Waals surface area contributed by atoms with Gasteiger partial charge in [0.25, 0.3) is 0 Å². The number of hydrogen-bond donors (Lipinski definition) is 1. The Morgan fingerprint density at radius 3 is 2.00 bits per heavy atom. The molecule has 5 aromatic rings. The summed E-state index contributed by atoms with van der Waals surface area (Å²) in [5.41, 5.74) is 2.35. The number of halogens is 2. The molecule has 0 unspecified atom stereocenters. The van der Waals surface area contributed by atoms with Crippen molar-refractivity contribution in [2.24, 2.45) is 0 Å². The number of H-pyrrole nitrogens is 1. The van der Waals surface area contributed by atoms with Crippen LogP contribution in [0.25, 0.3) is 43.4 Å². The highest BCUT2D eigenvalue weighted by Gasteiger charge is 2.08. The Kier molecular flexibility index (Phi) is 2.85. The van der Waals surface area contributed by atoms with Crippen molar-refractivity contribution >= 4 is 75.2 Å². The summed E-state index contributed by atoms with van der Waals surface area (Å²) in [6.45, 7) is 0. The molecule has 1 N–H and O–H groups in total. The predicted molar refractivity (Wildman–Crippen MR) is 106 cm³/mol. The second-order valence-electron chi connectivity index (χ2n) is 5.86. The Hall–Kier alpha value is -1.84. The Morgan fingerprint density at radius 2 is 1.17 bits per heavy atom. The van der Waals surface area contributed by atoms with Crippen molar-refractivity contribution in [2.45, 2.75) is 0 Å². The molecule has 0 spiro atoms. The van der Waals surface area contributed by atoms with Crippen molar-refractivity contribution in [2.75, 3.05) is 0 Å². The third-order valence-corrected chi connectivity index (χ3v) is 5.46. The zero-order valence-electron chi connectivity index (χ0n) is 12.0. The van der Waals surface area contributed by atoms with Gasteiger partial charge in [-0.1, -0.05) is 56.1 Å². The minimum absolute atomic E-state index is 1.09. The number of benzene rings is 4. The van der Waals surface area contributed by atoms with Crippen LogP contribution in [-0.2, 0) is 0 Å². The molecular formula is C20H11Br2N. The molecule has 0 radical (unpaired) electrons. The molecular weight excluding hydrogens is 414 g/mol. The fourth-order valence-corrected chi connectivity index (χ4v) is 4.15. The van der Waals surface area contributed by atoms with Crippen molar-refractivity contribution in [3.63, 3.8) is 0 Å². The molecule has 0 aliphatic carbocycles. The van der Waals surface area contributed by atoms with Crippen LogP contribution in [0.2, 0.25) is 0 Å². The lowest BCUT2D eigenvalue weighted by Gasteiger charge is -2.05. The number of rotatable bonds is 0. The molecule has 0 saturated carbocycles. The van der Waals surface area contributed by atoms with Crippen molar-refractivity contribution in [3.05, 3.63) is 69.6 Å². The van der Waals surface area contributed by atoms with Crippen LogP contribution in [0.15, 0.2) is 69.6 Å². The van der Waals surface area contributed by atoms with E-state index >= 15 is 0 Å². The minimum atomic E-state index is 1.09. The first-order chi connectivity index (χ1) is 11.2. The number of nitrogens with one attached hydrogen (secondary N) is 1. The van der Waals surface area contributed by atoms with Crippen LogP contribution in [-0.4, -0.2) is 4.98 Å². The first kappa shape index (κ1) is 13.6. The highest BCUT2D eigenvalue weighted by molar-refractivity contribution is 9.10. The van der Waals surface area contributed by atoms with Crippen LogP contribution in [0, 0.1) is 0 Å². The van der Waals surface area contributed by atoms with Gasteiger partial charge in [-0.25, -0.2) is 0 Å². The van der Waals surface area contributed by atoms with Crippen LogP contribution in [0.3, 0.4) is 0 Å². The predicted octanol–water partition coefficient (Wildman–Crippen LogP) is 7.15. The lowest BCUT2D eigenvalue weighted by atomic mass is 10.00. The zero-order valence-corrected chi connectivity index (χ0v) is 15.2. The van der Waals surface area contributed by atoms with Crippen LogP contribution < -0.4 is 0 Å². The van der Waals surface area contributed by atoms with E-state index in [-0.39, 0.29) is 0 Å². The van der Waals surface area contributed by atoms with E-state index in [1.807, 2.05) is 0 Å². The number of fused-ring (bicyclic) bond motifs is 6. The van der Waals surface area contributed by atoms with E-state index in [1.165, 1.54) is 37.8 Å². The minimum Gasteiger partial charge on any atom is -0.354 e. The maximum Gasteiger partial charge on any atom is 0.0476 e. The van der Waals surface area contributed by atoms with Gasteiger partial charge in [0.15, 0.2) is 0 Å². The van der Waals surface area contributed by atoms with Gasteiger partial charge in [0, 0.05) is 30.8 Å². The highest BCUT2D eigenvalue weighted by atomic mass is 79.9. The highest BCUT2D eigenvalue weighted by Crippen LogP contribution is 2.34. The lowest BCUT2D eigenvalue weighted by molar-refractivity contribution is 1.55. The molecule has 0 aliphatic heterocycles. The Morgan fingerprint density at radius 1 is 0.522 bits per heavy atom. The first-order valence-corrected chi connectivity index (χ1v) is 9.01. The van der Waals surface area contributed by atoms with Gasteiger partial charge < -0.3 is 4.98 Å². The average Bonchev–Trinajstić information content (AvgIpc) is 2.88. The maximum atomic E-state index is 3.56. The van der Waals surface area contributed by atoms with Crippen LogP contribution in [0.4, 0.5) is 0 Å². The summed E-state index contributed by atoms with van der Waals surface area (Å²) in [5.74, 6) is 0. The molecule has 0 amide bonds. The fraction of sp³-hybridized carbons (Fsp3) is 0. The lowest BCUT2D eigenvalue weighted by Crippen LogP contribution is -1.79. The maximum absolute atomic E-state index is 3.56. The van der Waals surface area contributed by atoms with Crippen molar-refractivity contribution in [3.8, 4) is 0 Å². The molecule has 0 fully saturated rings. The van der Waals surface area contributed by atoms with Gasteiger partial charge in [-0.2, -0.15) is 0 Å². The van der Waals surface area contributed by atoms with Gasteiger partial charge in [-0.3, -0.25) is 0 Å². The standard InChI is InChI=1S/C20H11Br2N/c21-13-3-5-15-11(7-13)1-2-12-8-18-16-6-4-14(22)9-19(16)23-20(18)10-17(12)15/h1-10,23H. The summed E-state index contributed by atoms with van der Waals surface area (Å²) in [4.78, 5) is 3.55. The summed E-state index contributed by atoms with van der Waals surface area (Å²) < 4.78 is 2.21. The van der Waals surface area contributed by atoms with Crippen molar-refractivity contribution < 1.29 is 0 Å². The smallest absolute Gasteiger partial charge is 0.0476 e. The van der Waals surface area contributed by atoms with E-state index in [1.54, 1.807) is 0 Å². The van der Waals surface area contributed by atoms with Gasteiger partial charge in [0.1, 0.15) is 0 Å². The number of hydrogen-bond acceptors (Lipinski definition) is 0. The summed E-state index contributed by atoms with van der Waals surface area (Å²) in [7, 11) is 0. The van der Waals surface area contributed by atoms with Gasteiger partial charge in [0.05, 0.1) is 0 Å². The SMILES string of the molecule is Brc1ccc2c(ccc3cc4c(cc32)[nH]c2cc(Br)ccc24)c1. The van der Waals surface area contributed by atoms with Crippen molar-refractivity contribution in [1.29, 1.82) is 0 Å². The Labute approximate surface area is 149 Å². The molecule has 110 valence electrons. The van der Waals surface area contributed by atoms with Crippen LogP contribution in [0.1, 0.15) is 0 Å². The molecule has 1 nitrogen and oxygen atoms in total. The second-order valence-corrected chi connectivity index (χ2v) is 7.70. The third-order valence-electron chi connectivity index (χ3n) is 4.48. The summed E-state index contributed by atoms with van der Waals surface area (Å²) >= 11 is 7.10. The van der Waals surface area contributed by atoms with Gasteiger partial charge in [-0.05, 0) is 57.9 Å². The second kappa shape index (κ2) is 4.83. The fourth-order valence-electron chi connectivity index (χ4n) is 3.41. The zero-order chi connectivity index (χ0) is 15.6. The Bertz CT molecular complexity index is 1230. The largest absolute Gasteiger partial charge is 0.354 e. The van der Waals surface area contributed by atoms with E-state index < -0.39 is 0 Å². The first-order valence-electron chi connectivity index (χ1n) is 7.42. The van der Waals surface area contributed by atoms with Crippen LogP contribution in [0.5, 0.6) is 0 Å². The molecule has 5 rings (SSSR count). The van der Waals surface area contributed by atoms with Crippen LogP contribution >= 0.6 is 31.9 Å². The molecule has 23 heavy (non-hydrogen) atoms. The number of aromatic nitrogens is 1. The van der Waals surface area contributed by atoms with E-state index in [9.17, 15) is 0 Å².